The van der Waals surface area contributed by atoms with Crippen molar-refractivity contribution < 1.29 is 8.42 Å². The molecule has 0 bridgehead atoms. The topological polar surface area (TPSA) is 90.0 Å². The third-order valence-electron chi connectivity index (χ3n) is 2.32. The molecule has 1 atom stereocenters. The number of imidazole rings is 1. The van der Waals surface area contributed by atoms with Gasteiger partial charge in [0.05, 0.1) is 6.33 Å². The standard InChI is InChI=1S/C10H20N4O2S/c1-8(2)4-9(5-11)13-17(15,16)10-6-14(3)7-12-10/h6-9,13H,4-5,11H2,1-3H3. The lowest BCUT2D eigenvalue weighted by Gasteiger charge is -2.17. The van der Waals surface area contributed by atoms with Crippen LogP contribution < -0.4 is 10.5 Å². The van der Waals surface area contributed by atoms with Gasteiger partial charge in [-0.2, -0.15) is 0 Å². The van der Waals surface area contributed by atoms with Gasteiger partial charge in [0, 0.05) is 25.8 Å². The van der Waals surface area contributed by atoms with Crippen molar-refractivity contribution in [1.82, 2.24) is 14.3 Å². The molecule has 1 heterocycles. The molecule has 0 aliphatic rings. The summed E-state index contributed by atoms with van der Waals surface area (Å²) in [5, 5.41) is 0.0298. The SMILES string of the molecule is CC(C)CC(CN)NS(=O)(=O)c1cn(C)cn1. The predicted molar refractivity (Wildman–Crippen MR) is 65.8 cm³/mol. The van der Waals surface area contributed by atoms with Crippen LogP contribution in [0.3, 0.4) is 0 Å². The molecule has 0 amide bonds. The van der Waals surface area contributed by atoms with Crippen molar-refractivity contribution in [2.24, 2.45) is 18.7 Å². The Kier molecular flexibility index (Phi) is 4.67. The van der Waals surface area contributed by atoms with Gasteiger partial charge in [-0.25, -0.2) is 18.1 Å². The van der Waals surface area contributed by atoms with Crippen LogP contribution in [0, 0.1) is 5.92 Å². The summed E-state index contributed by atoms with van der Waals surface area (Å²) in [6, 6.07) is -0.248. The van der Waals surface area contributed by atoms with E-state index in [1.807, 2.05) is 13.8 Å². The minimum absolute atomic E-state index is 0.0298. The number of nitrogens with zero attached hydrogens (tertiary/aromatic N) is 2. The van der Waals surface area contributed by atoms with E-state index >= 15 is 0 Å². The van der Waals surface area contributed by atoms with Gasteiger partial charge in [-0.3, -0.25) is 0 Å². The van der Waals surface area contributed by atoms with Gasteiger partial charge in [0.2, 0.25) is 0 Å². The first-order chi connectivity index (χ1) is 7.85. The molecule has 0 spiro atoms. The van der Waals surface area contributed by atoms with Gasteiger partial charge >= 0.3 is 0 Å². The lowest BCUT2D eigenvalue weighted by molar-refractivity contribution is 0.464. The molecule has 0 saturated heterocycles. The summed E-state index contributed by atoms with van der Waals surface area (Å²) in [6.07, 6.45) is 3.63. The molecule has 1 rings (SSSR count). The maximum absolute atomic E-state index is 12.0. The number of nitrogens with two attached hydrogens (primary N) is 1. The van der Waals surface area contributed by atoms with Gasteiger partial charge in [0.15, 0.2) is 5.03 Å². The first-order valence-electron chi connectivity index (χ1n) is 5.55. The van der Waals surface area contributed by atoms with Crippen LogP contribution >= 0.6 is 0 Å². The molecule has 7 heteroatoms. The van der Waals surface area contributed by atoms with Crippen molar-refractivity contribution in [2.45, 2.75) is 31.3 Å². The molecule has 1 aromatic rings. The van der Waals surface area contributed by atoms with Crippen molar-refractivity contribution in [3.05, 3.63) is 12.5 Å². The molecule has 1 aromatic heterocycles. The smallest absolute Gasteiger partial charge is 0.259 e. The molecular formula is C10H20N4O2S. The first kappa shape index (κ1) is 14.1. The van der Waals surface area contributed by atoms with Crippen LogP contribution in [0.15, 0.2) is 17.6 Å². The van der Waals surface area contributed by atoms with Crippen molar-refractivity contribution in [3.63, 3.8) is 0 Å². The van der Waals surface area contributed by atoms with E-state index in [0.29, 0.717) is 12.3 Å². The normalized spacial score (nSPS) is 14.2. The number of aromatic nitrogens is 2. The Morgan fingerprint density at radius 2 is 2.18 bits per heavy atom. The van der Waals surface area contributed by atoms with E-state index in [4.69, 9.17) is 5.73 Å². The van der Waals surface area contributed by atoms with Crippen LogP contribution in [0.2, 0.25) is 0 Å². The fourth-order valence-electron chi connectivity index (χ4n) is 1.57. The quantitative estimate of drug-likeness (QED) is 0.757. The Hall–Kier alpha value is -0.920. The van der Waals surface area contributed by atoms with E-state index in [9.17, 15) is 8.42 Å². The van der Waals surface area contributed by atoms with Crippen molar-refractivity contribution in [3.8, 4) is 0 Å². The summed E-state index contributed by atoms with van der Waals surface area (Å²) in [5.74, 6) is 0.384. The van der Waals surface area contributed by atoms with Crippen molar-refractivity contribution >= 4 is 10.0 Å². The van der Waals surface area contributed by atoms with Crippen LogP contribution in [-0.2, 0) is 17.1 Å². The third-order valence-corrected chi connectivity index (χ3v) is 3.72. The first-order valence-corrected chi connectivity index (χ1v) is 7.04. The minimum atomic E-state index is -3.56. The largest absolute Gasteiger partial charge is 0.339 e. The average Bonchev–Trinajstić information content (AvgIpc) is 2.63. The average molecular weight is 260 g/mol. The summed E-state index contributed by atoms with van der Waals surface area (Å²) in [4.78, 5) is 3.83. The fraction of sp³-hybridized carbons (Fsp3) is 0.700. The number of hydrogen-bond acceptors (Lipinski definition) is 4. The second-order valence-corrected chi connectivity index (χ2v) is 6.22. The molecule has 0 radical (unpaired) electrons. The lowest BCUT2D eigenvalue weighted by atomic mass is 10.1. The lowest BCUT2D eigenvalue weighted by Crippen LogP contribution is -2.41. The van der Waals surface area contributed by atoms with Gasteiger partial charge in [0.25, 0.3) is 10.0 Å². The Balaban J connectivity index is 2.78. The Labute approximate surface area is 102 Å². The predicted octanol–water partition coefficient (Wildman–Crippen LogP) is 0.0718. The number of rotatable bonds is 6. The van der Waals surface area contributed by atoms with E-state index in [1.165, 1.54) is 12.5 Å². The molecule has 1 unspecified atom stereocenters. The highest BCUT2D eigenvalue weighted by Crippen LogP contribution is 2.09. The Morgan fingerprint density at radius 3 is 2.59 bits per heavy atom. The van der Waals surface area contributed by atoms with Crippen LogP contribution in [0.25, 0.3) is 0 Å². The molecule has 17 heavy (non-hydrogen) atoms. The second-order valence-electron chi connectivity index (χ2n) is 4.56. The van der Waals surface area contributed by atoms with Crippen LogP contribution in [0.1, 0.15) is 20.3 Å². The highest BCUT2D eigenvalue weighted by atomic mass is 32.2. The second kappa shape index (κ2) is 5.61. The molecule has 98 valence electrons. The Morgan fingerprint density at radius 1 is 1.53 bits per heavy atom. The van der Waals surface area contributed by atoms with Gasteiger partial charge in [0.1, 0.15) is 0 Å². The summed E-state index contributed by atoms with van der Waals surface area (Å²) in [7, 11) is -1.84. The van der Waals surface area contributed by atoms with E-state index in [0.717, 1.165) is 0 Å². The number of nitrogens with one attached hydrogen (secondary N) is 1. The number of aryl methyl sites for hydroxylation is 1. The van der Waals surface area contributed by atoms with E-state index < -0.39 is 10.0 Å². The highest BCUT2D eigenvalue weighted by molar-refractivity contribution is 7.89. The van der Waals surface area contributed by atoms with Gasteiger partial charge < -0.3 is 10.3 Å². The molecular weight excluding hydrogens is 240 g/mol. The molecule has 0 aliphatic carbocycles. The van der Waals surface area contributed by atoms with Crippen molar-refractivity contribution in [1.29, 1.82) is 0 Å². The summed E-state index contributed by atoms with van der Waals surface area (Å²) in [6.45, 7) is 4.33. The molecule has 0 fully saturated rings. The molecule has 6 nitrogen and oxygen atoms in total. The summed E-state index contributed by atoms with van der Waals surface area (Å²) in [5.41, 5.74) is 5.56. The zero-order valence-electron chi connectivity index (χ0n) is 10.4. The number of sulfonamides is 1. The van der Waals surface area contributed by atoms with Crippen LogP contribution in [0.4, 0.5) is 0 Å². The zero-order chi connectivity index (χ0) is 13.1. The van der Waals surface area contributed by atoms with E-state index in [2.05, 4.69) is 9.71 Å². The van der Waals surface area contributed by atoms with Gasteiger partial charge in [-0.1, -0.05) is 13.8 Å². The maximum Gasteiger partial charge on any atom is 0.259 e. The van der Waals surface area contributed by atoms with E-state index in [1.54, 1.807) is 11.6 Å². The monoisotopic (exact) mass is 260 g/mol. The number of hydrogen-bond donors (Lipinski definition) is 2. The van der Waals surface area contributed by atoms with Crippen LogP contribution in [-0.4, -0.2) is 30.6 Å². The summed E-state index contributed by atoms with van der Waals surface area (Å²) < 4.78 is 28.1. The molecule has 3 N–H and O–H groups in total. The summed E-state index contributed by atoms with van der Waals surface area (Å²) >= 11 is 0. The van der Waals surface area contributed by atoms with Crippen molar-refractivity contribution in [2.75, 3.05) is 6.54 Å². The highest BCUT2D eigenvalue weighted by Gasteiger charge is 2.21. The Bertz CT molecular complexity index is 453. The van der Waals surface area contributed by atoms with Gasteiger partial charge in [-0.05, 0) is 12.3 Å². The fourth-order valence-corrected chi connectivity index (χ4v) is 2.81. The van der Waals surface area contributed by atoms with Crippen LogP contribution in [0.5, 0.6) is 0 Å². The molecule has 0 saturated carbocycles. The third kappa shape index (κ3) is 4.10. The van der Waals surface area contributed by atoms with Gasteiger partial charge in [-0.15, -0.1) is 0 Å². The molecule has 0 aromatic carbocycles. The minimum Gasteiger partial charge on any atom is -0.339 e. The molecule has 0 aliphatic heterocycles. The zero-order valence-corrected chi connectivity index (χ0v) is 11.2. The maximum atomic E-state index is 12.0. The van der Waals surface area contributed by atoms with E-state index in [-0.39, 0.29) is 17.6 Å².